The van der Waals surface area contributed by atoms with Crippen LogP contribution in [0, 0.1) is 52.3 Å². The van der Waals surface area contributed by atoms with Crippen LogP contribution in [0.25, 0.3) is 0 Å². The first kappa shape index (κ1) is 33.7. The summed E-state index contributed by atoms with van der Waals surface area (Å²) in [5, 5.41) is 18.7. The quantitative estimate of drug-likeness (QED) is 0.206. The Morgan fingerprint density at radius 2 is 1.69 bits per heavy atom. The van der Waals surface area contributed by atoms with Crippen LogP contribution in [0.3, 0.4) is 0 Å². The van der Waals surface area contributed by atoms with E-state index in [1.807, 2.05) is 6.07 Å². The zero-order valence-electron chi connectivity index (χ0n) is 29.8. The Labute approximate surface area is 299 Å². The van der Waals surface area contributed by atoms with E-state index >= 15 is 0 Å². The minimum Gasteiger partial charge on any atom is -0.508 e. The monoisotopic (exact) mass is 684 g/mol. The summed E-state index contributed by atoms with van der Waals surface area (Å²) < 4.78 is 0. The average Bonchev–Trinajstić information content (AvgIpc) is 3.59. The van der Waals surface area contributed by atoms with Gasteiger partial charge in [-0.15, -0.1) is 0 Å². The van der Waals surface area contributed by atoms with Crippen LogP contribution in [0.1, 0.15) is 100 Å². The summed E-state index contributed by atoms with van der Waals surface area (Å²) in [6.45, 7) is 5.79. The molecule has 8 rings (SSSR count). The molecule has 48 heavy (non-hydrogen) atoms. The van der Waals surface area contributed by atoms with E-state index in [4.69, 9.17) is 0 Å². The lowest BCUT2D eigenvalue weighted by Crippen LogP contribution is -2.52. The number of nitrogens with one attached hydrogen (secondary N) is 2. The molecule has 4 fully saturated rings. The molecule has 0 radical (unpaired) electrons. The Kier molecular flexibility index (Phi) is 9.81. The molecule has 1 heterocycles. The second-order valence-electron chi connectivity index (χ2n) is 17.7. The molecule has 3 nitrogen and oxygen atoms in total. The summed E-state index contributed by atoms with van der Waals surface area (Å²) in [6, 6.07) is 16.7. The first-order valence-electron chi connectivity index (χ1n) is 19.5. The zero-order chi connectivity index (χ0) is 32.9. The molecule has 2 aromatic carbocycles. The molecular formula is C43H60N2OS2. The molecule has 11 unspecified atom stereocenters. The highest BCUT2D eigenvalue weighted by Gasteiger charge is 2.61. The van der Waals surface area contributed by atoms with Crippen LogP contribution in [-0.4, -0.2) is 35.7 Å². The van der Waals surface area contributed by atoms with Gasteiger partial charge >= 0.3 is 0 Å². The van der Waals surface area contributed by atoms with Crippen molar-refractivity contribution >= 4 is 21.6 Å². The largest absolute Gasteiger partial charge is 0.508 e. The molecule has 6 aliphatic rings. The van der Waals surface area contributed by atoms with E-state index in [1.165, 1.54) is 92.2 Å². The van der Waals surface area contributed by atoms with Crippen molar-refractivity contribution in [2.24, 2.45) is 52.3 Å². The summed E-state index contributed by atoms with van der Waals surface area (Å²) in [5.74, 6) is 8.53. The second kappa shape index (κ2) is 14.0. The molecule has 11 atom stereocenters. The van der Waals surface area contributed by atoms with Crippen LogP contribution < -0.4 is 10.6 Å². The summed E-state index contributed by atoms with van der Waals surface area (Å²) in [6.07, 6.45) is 21.5. The summed E-state index contributed by atoms with van der Waals surface area (Å²) in [4.78, 5) is 0. The van der Waals surface area contributed by atoms with Crippen LogP contribution in [-0.2, 0) is 19.4 Å². The lowest BCUT2D eigenvalue weighted by molar-refractivity contribution is -0.0836. The second-order valence-corrected chi connectivity index (χ2v) is 20.3. The van der Waals surface area contributed by atoms with E-state index in [1.54, 1.807) is 0 Å². The maximum atomic E-state index is 11.1. The van der Waals surface area contributed by atoms with Gasteiger partial charge in [-0.3, -0.25) is 0 Å². The summed E-state index contributed by atoms with van der Waals surface area (Å²) >= 11 is 0. The molecular weight excluding hydrogens is 625 g/mol. The Bertz CT molecular complexity index is 1480. The molecule has 5 aliphatic carbocycles. The number of hydrogen-bond donors (Lipinski definition) is 3. The number of allylic oxidation sites excluding steroid dienone is 2. The lowest BCUT2D eigenvalue weighted by atomic mass is 9.44. The van der Waals surface area contributed by atoms with Gasteiger partial charge in [0.25, 0.3) is 0 Å². The van der Waals surface area contributed by atoms with Gasteiger partial charge in [-0.05, 0) is 178 Å². The van der Waals surface area contributed by atoms with Gasteiger partial charge in [0.15, 0.2) is 0 Å². The van der Waals surface area contributed by atoms with Gasteiger partial charge in [0.05, 0.1) is 0 Å². The van der Waals surface area contributed by atoms with Gasteiger partial charge in [-0.2, -0.15) is 0 Å². The first-order valence-corrected chi connectivity index (χ1v) is 22.0. The highest BCUT2D eigenvalue weighted by Crippen LogP contribution is 2.69. The van der Waals surface area contributed by atoms with Gasteiger partial charge in [0, 0.05) is 30.1 Å². The Morgan fingerprint density at radius 3 is 2.54 bits per heavy atom. The standard InChI is InChI=1S/C43H60N2OS2/c1-28-7-6-12-43(20-28)27-42(21-34-10-11-41(44-3)39(34)23-42)22-38-36-15-31-13-30(17-37(46)18-31)14-33-8-4-5-9-35(33)24-45-29(2)25-47-48-26-32(16-36)19-40(38)43/h4-6,8-9,12-13,17-18,28-29,32,34,36,38-41,44-46H,7,10-11,14-16,19-27H2,1-3H3. The minimum absolute atomic E-state index is 0.369. The fraction of sp³-hybridized carbons (Fsp3) is 0.674. The van der Waals surface area contributed by atoms with E-state index in [0.717, 1.165) is 66.7 Å². The van der Waals surface area contributed by atoms with E-state index < -0.39 is 0 Å². The average molecular weight is 685 g/mol. The van der Waals surface area contributed by atoms with Crippen molar-refractivity contribution in [1.82, 2.24) is 10.6 Å². The van der Waals surface area contributed by atoms with Crippen LogP contribution in [0.2, 0.25) is 0 Å². The third-order valence-corrected chi connectivity index (χ3v) is 17.0. The Balaban J connectivity index is 1.15. The number of rotatable bonds is 1. The topological polar surface area (TPSA) is 44.3 Å². The van der Waals surface area contributed by atoms with Crippen molar-refractivity contribution in [2.45, 2.75) is 110 Å². The third kappa shape index (κ3) is 6.81. The molecule has 3 N–H and O–H groups in total. The molecule has 4 bridgehead atoms. The lowest BCUT2D eigenvalue weighted by Gasteiger charge is -2.60. The van der Waals surface area contributed by atoms with E-state index in [9.17, 15) is 5.11 Å². The molecule has 2 spiro atoms. The highest BCUT2D eigenvalue weighted by atomic mass is 33.1. The van der Waals surface area contributed by atoms with Gasteiger partial charge in [0.1, 0.15) is 5.75 Å². The van der Waals surface area contributed by atoms with E-state index in [2.05, 4.69) is 102 Å². The van der Waals surface area contributed by atoms with E-state index in [0.29, 0.717) is 28.5 Å². The maximum Gasteiger partial charge on any atom is 0.116 e. The molecule has 1 aliphatic heterocycles. The number of hydrogen-bond acceptors (Lipinski definition) is 5. The van der Waals surface area contributed by atoms with Crippen molar-refractivity contribution < 1.29 is 5.11 Å². The molecule has 5 heteroatoms. The predicted octanol–water partition coefficient (Wildman–Crippen LogP) is 9.82. The summed E-state index contributed by atoms with van der Waals surface area (Å²) in [5.41, 5.74) is 6.25. The molecule has 0 amide bonds. The van der Waals surface area contributed by atoms with Crippen LogP contribution in [0.4, 0.5) is 0 Å². The van der Waals surface area contributed by atoms with Gasteiger partial charge in [-0.25, -0.2) is 0 Å². The van der Waals surface area contributed by atoms with Gasteiger partial charge in [-0.1, -0.05) is 71.0 Å². The molecule has 2 aromatic rings. The van der Waals surface area contributed by atoms with Crippen LogP contribution in [0.5, 0.6) is 5.75 Å². The van der Waals surface area contributed by atoms with Gasteiger partial charge < -0.3 is 15.7 Å². The Hall–Kier alpha value is -1.40. The van der Waals surface area contributed by atoms with Crippen molar-refractivity contribution in [2.75, 3.05) is 18.6 Å². The Morgan fingerprint density at radius 1 is 0.875 bits per heavy atom. The number of benzene rings is 2. The fourth-order valence-electron chi connectivity index (χ4n) is 12.6. The fourth-order valence-corrected chi connectivity index (χ4v) is 15.3. The smallest absolute Gasteiger partial charge is 0.116 e. The van der Waals surface area contributed by atoms with Crippen LogP contribution >= 0.6 is 21.6 Å². The number of fused-ring (bicyclic) bond motifs is 9. The van der Waals surface area contributed by atoms with E-state index in [-0.39, 0.29) is 0 Å². The van der Waals surface area contributed by atoms with Gasteiger partial charge in [0.2, 0.25) is 0 Å². The number of phenolic OH excluding ortho intramolecular Hbond substituents is 1. The molecule has 260 valence electrons. The maximum absolute atomic E-state index is 11.1. The third-order valence-electron chi connectivity index (χ3n) is 14.3. The molecule has 4 saturated carbocycles. The molecule has 0 saturated heterocycles. The predicted molar refractivity (Wildman–Crippen MR) is 205 cm³/mol. The number of phenols is 1. The SMILES string of the molecule is CNC1CCC2CC3(CC21)CC1C2Cc4cc(O)cc(c4)Cc4ccccc4CNC(C)CSSCC(C2)CC1C1(C=CCC(C)C1)C3. The first-order chi connectivity index (χ1) is 23.3. The molecule has 0 aromatic heterocycles. The number of aromatic hydroxyl groups is 1. The van der Waals surface area contributed by atoms with Crippen molar-refractivity contribution in [3.8, 4) is 5.75 Å². The van der Waals surface area contributed by atoms with Crippen molar-refractivity contribution in [3.63, 3.8) is 0 Å². The summed E-state index contributed by atoms with van der Waals surface area (Å²) in [7, 11) is 6.47. The van der Waals surface area contributed by atoms with Crippen molar-refractivity contribution in [1.29, 1.82) is 0 Å². The minimum atomic E-state index is 0.369. The zero-order valence-corrected chi connectivity index (χ0v) is 31.4. The van der Waals surface area contributed by atoms with Crippen LogP contribution in [0.15, 0.2) is 54.6 Å². The van der Waals surface area contributed by atoms with Crippen molar-refractivity contribution in [3.05, 3.63) is 76.9 Å². The highest BCUT2D eigenvalue weighted by molar-refractivity contribution is 8.76. The normalized spacial score (nSPS) is 41.4.